The number of rotatable bonds is 3. The Labute approximate surface area is 127 Å². The predicted molar refractivity (Wildman–Crippen MR) is 86.5 cm³/mol. The molecule has 1 heterocycles. The number of methoxy groups -OCH3 is 1. The second-order valence-electron chi connectivity index (χ2n) is 4.92. The van der Waals surface area contributed by atoms with E-state index in [0.717, 1.165) is 16.5 Å². The predicted octanol–water partition coefficient (Wildman–Crippen LogP) is 2.52. The molecular weight excluding hydrogens is 280 g/mol. The molecule has 0 aliphatic rings. The average Bonchev–Trinajstić information content (AvgIpc) is 2.83. The molecule has 0 radical (unpaired) electrons. The van der Waals surface area contributed by atoms with Crippen molar-refractivity contribution in [1.82, 2.24) is 9.66 Å². The zero-order valence-electron chi connectivity index (χ0n) is 12.3. The molecule has 0 aliphatic heterocycles. The fourth-order valence-corrected chi connectivity index (χ4v) is 2.29. The van der Waals surface area contributed by atoms with Crippen LogP contribution in [0.25, 0.3) is 10.8 Å². The summed E-state index contributed by atoms with van der Waals surface area (Å²) in [5.74, 6) is 1.15. The summed E-state index contributed by atoms with van der Waals surface area (Å²) >= 11 is 0. The van der Waals surface area contributed by atoms with Gasteiger partial charge in [-0.15, -0.1) is 0 Å². The van der Waals surface area contributed by atoms with Crippen LogP contribution in [0.2, 0.25) is 0 Å². The average molecular weight is 296 g/mol. The van der Waals surface area contributed by atoms with Crippen molar-refractivity contribution in [2.24, 2.45) is 5.10 Å². The van der Waals surface area contributed by atoms with Crippen LogP contribution in [0.15, 0.2) is 41.6 Å². The minimum absolute atomic E-state index is 0.139. The number of aromatic hydroxyl groups is 1. The summed E-state index contributed by atoms with van der Waals surface area (Å²) in [5.41, 5.74) is 7.13. The summed E-state index contributed by atoms with van der Waals surface area (Å²) < 4.78 is 6.71. The van der Waals surface area contributed by atoms with Gasteiger partial charge in [-0.05, 0) is 35.9 Å². The second kappa shape index (κ2) is 5.40. The molecule has 0 unspecified atom stereocenters. The number of imidazole rings is 1. The van der Waals surface area contributed by atoms with Gasteiger partial charge in [0.25, 0.3) is 0 Å². The standard InChI is InChI=1S/C16H16N4O2/c1-10-9-20(16(17)19-10)18-8-14-13-7-12(22-2)5-3-11(13)4-6-15(14)21/h3-9,21H,1-2H3,(H2,17,19). The molecule has 3 N–H and O–H groups in total. The Hall–Kier alpha value is -3.02. The maximum Gasteiger partial charge on any atom is 0.221 e. The Morgan fingerprint density at radius 3 is 2.77 bits per heavy atom. The van der Waals surface area contributed by atoms with Gasteiger partial charge in [-0.25, -0.2) is 9.66 Å². The summed E-state index contributed by atoms with van der Waals surface area (Å²) in [7, 11) is 1.60. The molecule has 0 atom stereocenters. The summed E-state index contributed by atoms with van der Waals surface area (Å²) in [4.78, 5) is 4.08. The Balaban J connectivity index is 2.12. The van der Waals surface area contributed by atoms with Crippen LogP contribution < -0.4 is 10.5 Å². The molecular formula is C16H16N4O2. The first kappa shape index (κ1) is 13.9. The molecule has 1 aromatic heterocycles. The third kappa shape index (κ3) is 2.46. The molecule has 3 rings (SSSR count). The molecule has 0 saturated carbocycles. The lowest BCUT2D eigenvalue weighted by Gasteiger charge is -2.07. The SMILES string of the molecule is COc1ccc2ccc(O)c(C=Nn3cc(C)nc3N)c2c1. The smallest absolute Gasteiger partial charge is 0.221 e. The van der Waals surface area contributed by atoms with Crippen molar-refractivity contribution < 1.29 is 9.84 Å². The van der Waals surface area contributed by atoms with Crippen LogP contribution in [0.1, 0.15) is 11.3 Å². The van der Waals surface area contributed by atoms with E-state index in [1.807, 2.05) is 31.2 Å². The van der Waals surface area contributed by atoms with E-state index >= 15 is 0 Å². The van der Waals surface area contributed by atoms with Crippen molar-refractivity contribution in [3.63, 3.8) is 0 Å². The van der Waals surface area contributed by atoms with Gasteiger partial charge < -0.3 is 15.6 Å². The molecule has 22 heavy (non-hydrogen) atoms. The number of nitrogen functional groups attached to an aromatic ring is 1. The highest BCUT2D eigenvalue weighted by atomic mass is 16.5. The summed E-state index contributed by atoms with van der Waals surface area (Å²) in [6.45, 7) is 1.84. The number of phenols is 1. The first-order valence-corrected chi connectivity index (χ1v) is 6.74. The number of fused-ring (bicyclic) bond motifs is 1. The van der Waals surface area contributed by atoms with Gasteiger partial charge >= 0.3 is 0 Å². The number of ether oxygens (including phenoxy) is 1. The molecule has 2 aromatic carbocycles. The fraction of sp³-hybridized carbons (Fsp3) is 0.125. The highest BCUT2D eigenvalue weighted by Crippen LogP contribution is 2.29. The number of hydrogen-bond donors (Lipinski definition) is 2. The third-order valence-electron chi connectivity index (χ3n) is 3.39. The number of aryl methyl sites for hydroxylation is 1. The van der Waals surface area contributed by atoms with Crippen molar-refractivity contribution in [2.75, 3.05) is 12.8 Å². The molecule has 0 saturated heterocycles. The van der Waals surface area contributed by atoms with E-state index in [0.29, 0.717) is 17.3 Å². The molecule has 3 aromatic rings. The number of hydrogen-bond acceptors (Lipinski definition) is 5. The van der Waals surface area contributed by atoms with Crippen molar-refractivity contribution in [1.29, 1.82) is 0 Å². The quantitative estimate of drug-likeness (QED) is 0.727. The monoisotopic (exact) mass is 296 g/mol. The van der Waals surface area contributed by atoms with E-state index in [1.54, 1.807) is 25.6 Å². The molecule has 6 nitrogen and oxygen atoms in total. The number of anilines is 1. The van der Waals surface area contributed by atoms with Crippen molar-refractivity contribution >= 4 is 22.9 Å². The number of aromatic nitrogens is 2. The number of phenolic OH excluding ortho intramolecular Hbond substituents is 1. The molecule has 0 aliphatic carbocycles. The molecule has 0 fully saturated rings. The Bertz CT molecular complexity index is 868. The van der Waals surface area contributed by atoms with Crippen LogP contribution >= 0.6 is 0 Å². The molecule has 0 amide bonds. The number of nitrogens with two attached hydrogens (primary N) is 1. The molecule has 0 spiro atoms. The van der Waals surface area contributed by atoms with Gasteiger partial charge in [0.15, 0.2) is 0 Å². The number of nitrogens with zero attached hydrogens (tertiary/aromatic N) is 3. The first-order chi connectivity index (χ1) is 10.6. The summed E-state index contributed by atoms with van der Waals surface area (Å²) in [5, 5.41) is 16.2. The van der Waals surface area contributed by atoms with Crippen molar-refractivity contribution in [3.8, 4) is 11.5 Å². The highest BCUT2D eigenvalue weighted by molar-refractivity contribution is 6.02. The highest BCUT2D eigenvalue weighted by Gasteiger charge is 2.07. The van der Waals surface area contributed by atoms with Crippen LogP contribution in [-0.4, -0.2) is 28.1 Å². The van der Waals surface area contributed by atoms with Gasteiger partial charge in [0.1, 0.15) is 11.5 Å². The lowest BCUT2D eigenvalue weighted by atomic mass is 10.0. The van der Waals surface area contributed by atoms with E-state index in [9.17, 15) is 5.11 Å². The van der Waals surface area contributed by atoms with Crippen LogP contribution in [0.3, 0.4) is 0 Å². The van der Waals surface area contributed by atoms with Gasteiger partial charge in [0.05, 0.1) is 25.2 Å². The van der Waals surface area contributed by atoms with Gasteiger partial charge in [0, 0.05) is 5.56 Å². The minimum atomic E-state index is 0.139. The van der Waals surface area contributed by atoms with E-state index in [4.69, 9.17) is 10.5 Å². The van der Waals surface area contributed by atoms with Crippen molar-refractivity contribution in [2.45, 2.75) is 6.92 Å². The second-order valence-corrected chi connectivity index (χ2v) is 4.92. The third-order valence-corrected chi connectivity index (χ3v) is 3.39. The van der Waals surface area contributed by atoms with Crippen LogP contribution in [0, 0.1) is 6.92 Å². The first-order valence-electron chi connectivity index (χ1n) is 6.74. The molecule has 6 heteroatoms. The molecule has 0 bridgehead atoms. The van der Waals surface area contributed by atoms with E-state index in [1.165, 1.54) is 4.68 Å². The topological polar surface area (TPSA) is 85.7 Å². The van der Waals surface area contributed by atoms with Crippen LogP contribution in [0.5, 0.6) is 11.5 Å². The number of benzene rings is 2. The lowest BCUT2D eigenvalue weighted by molar-refractivity contribution is 0.415. The lowest BCUT2D eigenvalue weighted by Crippen LogP contribution is -1.97. The summed E-state index contributed by atoms with van der Waals surface area (Å²) in [6.07, 6.45) is 3.28. The van der Waals surface area contributed by atoms with Gasteiger partial charge in [-0.1, -0.05) is 12.1 Å². The Morgan fingerprint density at radius 2 is 2.09 bits per heavy atom. The van der Waals surface area contributed by atoms with E-state index in [-0.39, 0.29) is 5.75 Å². The van der Waals surface area contributed by atoms with Crippen LogP contribution in [-0.2, 0) is 0 Å². The largest absolute Gasteiger partial charge is 0.507 e. The van der Waals surface area contributed by atoms with Crippen molar-refractivity contribution in [3.05, 3.63) is 47.8 Å². The van der Waals surface area contributed by atoms with E-state index < -0.39 is 0 Å². The fourth-order valence-electron chi connectivity index (χ4n) is 2.29. The Morgan fingerprint density at radius 1 is 1.32 bits per heavy atom. The summed E-state index contributed by atoms with van der Waals surface area (Å²) in [6, 6.07) is 9.15. The Kier molecular flexibility index (Phi) is 3.42. The zero-order valence-corrected chi connectivity index (χ0v) is 12.3. The maximum absolute atomic E-state index is 10.1. The van der Waals surface area contributed by atoms with E-state index in [2.05, 4.69) is 10.1 Å². The van der Waals surface area contributed by atoms with Gasteiger partial charge in [-0.2, -0.15) is 5.10 Å². The minimum Gasteiger partial charge on any atom is -0.507 e. The van der Waals surface area contributed by atoms with Crippen LogP contribution in [0.4, 0.5) is 5.95 Å². The van der Waals surface area contributed by atoms with Gasteiger partial charge in [-0.3, -0.25) is 0 Å². The maximum atomic E-state index is 10.1. The van der Waals surface area contributed by atoms with Gasteiger partial charge in [0.2, 0.25) is 5.95 Å². The normalized spacial score (nSPS) is 11.4. The molecule has 112 valence electrons. The zero-order chi connectivity index (χ0) is 15.7.